The first-order chi connectivity index (χ1) is 6.62. The van der Waals surface area contributed by atoms with Crippen LogP contribution >= 0.6 is 0 Å². The van der Waals surface area contributed by atoms with Crippen molar-refractivity contribution in [3.8, 4) is 0 Å². The molecule has 0 bridgehead atoms. The van der Waals surface area contributed by atoms with Crippen molar-refractivity contribution in [1.29, 1.82) is 0 Å². The first kappa shape index (κ1) is 10.2. The van der Waals surface area contributed by atoms with Crippen LogP contribution in [0.2, 0.25) is 0 Å². The van der Waals surface area contributed by atoms with Crippen LogP contribution in [0.1, 0.15) is 52.4 Å². The summed E-state index contributed by atoms with van der Waals surface area (Å²) < 4.78 is 0. The third kappa shape index (κ3) is 1.63. The zero-order valence-corrected chi connectivity index (χ0v) is 9.42. The number of hydrogen-bond acceptors (Lipinski definition) is 1. The van der Waals surface area contributed by atoms with Gasteiger partial charge in [-0.25, -0.2) is 0 Å². The highest BCUT2D eigenvalue weighted by Crippen LogP contribution is 2.46. The minimum Gasteiger partial charge on any atom is -0.388 e. The molecule has 1 atom stereocenters. The highest BCUT2D eigenvalue weighted by atomic mass is 16.3. The average Bonchev–Trinajstić information content (AvgIpc) is 2.49. The Morgan fingerprint density at radius 1 is 1.36 bits per heavy atom. The van der Waals surface area contributed by atoms with Crippen molar-refractivity contribution >= 4 is 0 Å². The molecule has 1 N–H and O–H groups in total. The molecule has 0 aromatic heterocycles. The van der Waals surface area contributed by atoms with Crippen molar-refractivity contribution in [2.24, 2.45) is 11.3 Å². The maximum atomic E-state index is 10.3. The minimum absolute atomic E-state index is 0.106. The smallest absolute Gasteiger partial charge is 0.0803 e. The normalized spacial score (nSPS) is 25.8. The third-order valence-corrected chi connectivity index (χ3v) is 4.29. The van der Waals surface area contributed by atoms with Gasteiger partial charge in [-0.05, 0) is 49.0 Å². The SMILES string of the molecule is CC(C)(C1CCC1)C(O)C1=CCCC1. The van der Waals surface area contributed by atoms with Crippen LogP contribution in [0.4, 0.5) is 0 Å². The van der Waals surface area contributed by atoms with E-state index in [4.69, 9.17) is 0 Å². The number of allylic oxidation sites excluding steroid dienone is 1. The Labute approximate surface area is 87.2 Å². The Morgan fingerprint density at radius 3 is 2.50 bits per heavy atom. The topological polar surface area (TPSA) is 20.2 Å². The van der Waals surface area contributed by atoms with E-state index >= 15 is 0 Å². The van der Waals surface area contributed by atoms with Gasteiger partial charge in [0.1, 0.15) is 0 Å². The predicted octanol–water partition coefficient (Wildman–Crippen LogP) is 3.28. The number of aliphatic hydroxyl groups excluding tert-OH is 1. The summed E-state index contributed by atoms with van der Waals surface area (Å²) in [6, 6.07) is 0. The summed E-state index contributed by atoms with van der Waals surface area (Å²) in [7, 11) is 0. The van der Waals surface area contributed by atoms with Gasteiger partial charge in [0, 0.05) is 0 Å². The molecule has 1 saturated carbocycles. The quantitative estimate of drug-likeness (QED) is 0.684. The van der Waals surface area contributed by atoms with Crippen molar-refractivity contribution in [3.63, 3.8) is 0 Å². The van der Waals surface area contributed by atoms with Crippen molar-refractivity contribution in [2.75, 3.05) is 0 Å². The fourth-order valence-electron chi connectivity index (χ4n) is 2.80. The molecule has 0 amide bonds. The van der Waals surface area contributed by atoms with Gasteiger partial charge in [-0.1, -0.05) is 26.3 Å². The molecule has 0 saturated heterocycles. The van der Waals surface area contributed by atoms with E-state index in [1.54, 1.807) is 0 Å². The van der Waals surface area contributed by atoms with Crippen molar-refractivity contribution in [3.05, 3.63) is 11.6 Å². The van der Waals surface area contributed by atoms with Gasteiger partial charge >= 0.3 is 0 Å². The van der Waals surface area contributed by atoms with Gasteiger partial charge in [0.05, 0.1) is 6.10 Å². The first-order valence-electron chi connectivity index (χ1n) is 5.99. The van der Waals surface area contributed by atoms with E-state index < -0.39 is 0 Å². The fraction of sp³-hybridized carbons (Fsp3) is 0.846. The van der Waals surface area contributed by atoms with E-state index in [1.165, 1.54) is 37.7 Å². The lowest BCUT2D eigenvalue weighted by Crippen LogP contribution is -2.40. The van der Waals surface area contributed by atoms with Crippen LogP contribution in [0.15, 0.2) is 11.6 Å². The molecule has 1 unspecified atom stereocenters. The summed E-state index contributed by atoms with van der Waals surface area (Å²) in [5.41, 5.74) is 1.41. The molecule has 0 aromatic carbocycles. The van der Waals surface area contributed by atoms with E-state index in [1.807, 2.05) is 0 Å². The lowest BCUT2D eigenvalue weighted by Gasteiger charge is -2.44. The molecule has 0 aromatic rings. The molecule has 0 heterocycles. The van der Waals surface area contributed by atoms with Gasteiger partial charge in [0.15, 0.2) is 0 Å². The largest absolute Gasteiger partial charge is 0.388 e. The second-order valence-electron chi connectivity index (χ2n) is 5.52. The van der Waals surface area contributed by atoms with Crippen LogP contribution in [-0.2, 0) is 0 Å². The minimum atomic E-state index is -0.185. The molecule has 1 fully saturated rings. The fourth-order valence-corrected chi connectivity index (χ4v) is 2.80. The monoisotopic (exact) mass is 194 g/mol. The summed E-state index contributed by atoms with van der Waals surface area (Å²) >= 11 is 0. The molecule has 0 spiro atoms. The van der Waals surface area contributed by atoms with Gasteiger partial charge in [-0.2, -0.15) is 0 Å². The zero-order chi connectivity index (χ0) is 10.2. The highest BCUT2D eigenvalue weighted by Gasteiger charge is 2.40. The molecule has 2 aliphatic carbocycles. The Morgan fingerprint density at radius 2 is 2.07 bits per heavy atom. The molecule has 0 aliphatic heterocycles. The van der Waals surface area contributed by atoms with Crippen LogP contribution in [0.5, 0.6) is 0 Å². The number of hydrogen-bond donors (Lipinski definition) is 1. The van der Waals surface area contributed by atoms with Crippen molar-refractivity contribution < 1.29 is 5.11 Å². The molecule has 1 nitrogen and oxygen atoms in total. The first-order valence-corrected chi connectivity index (χ1v) is 5.99. The Hall–Kier alpha value is -0.300. The third-order valence-electron chi connectivity index (χ3n) is 4.29. The maximum Gasteiger partial charge on any atom is 0.0803 e. The molecular weight excluding hydrogens is 172 g/mol. The van der Waals surface area contributed by atoms with E-state index in [0.717, 1.165) is 12.3 Å². The van der Waals surface area contributed by atoms with Crippen LogP contribution in [0, 0.1) is 11.3 Å². The molecular formula is C13H22O. The van der Waals surface area contributed by atoms with Gasteiger partial charge in [-0.3, -0.25) is 0 Å². The van der Waals surface area contributed by atoms with Crippen LogP contribution in [0.25, 0.3) is 0 Å². The van der Waals surface area contributed by atoms with Crippen molar-refractivity contribution in [1.82, 2.24) is 0 Å². The van der Waals surface area contributed by atoms with Crippen LogP contribution in [-0.4, -0.2) is 11.2 Å². The number of aliphatic hydroxyl groups is 1. The van der Waals surface area contributed by atoms with E-state index in [9.17, 15) is 5.11 Å². The zero-order valence-electron chi connectivity index (χ0n) is 9.42. The Bertz CT molecular complexity index is 236. The molecule has 0 radical (unpaired) electrons. The summed E-state index contributed by atoms with van der Waals surface area (Å²) in [5, 5.41) is 10.3. The molecule has 2 rings (SSSR count). The van der Waals surface area contributed by atoms with Gasteiger partial charge < -0.3 is 5.11 Å². The molecule has 80 valence electrons. The Balaban J connectivity index is 2.04. The summed E-state index contributed by atoms with van der Waals surface area (Å²) in [5.74, 6) is 0.749. The molecule has 1 heteroatoms. The van der Waals surface area contributed by atoms with Gasteiger partial charge in [0.25, 0.3) is 0 Å². The predicted molar refractivity (Wildman–Crippen MR) is 59.1 cm³/mol. The van der Waals surface area contributed by atoms with E-state index in [2.05, 4.69) is 19.9 Å². The lowest BCUT2D eigenvalue weighted by molar-refractivity contribution is -0.00193. The van der Waals surface area contributed by atoms with E-state index in [-0.39, 0.29) is 11.5 Å². The second-order valence-corrected chi connectivity index (χ2v) is 5.52. The summed E-state index contributed by atoms with van der Waals surface area (Å²) in [4.78, 5) is 0. The highest BCUT2D eigenvalue weighted by molar-refractivity contribution is 5.16. The van der Waals surface area contributed by atoms with Gasteiger partial charge in [-0.15, -0.1) is 0 Å². The van der Waals surface area contributed by atoms with Crippen LogP contribution < -0.4 is 0 Å². The van der Waals surface area contributed by atoms with Crippen LogP contribution in [0.3, 0.4) is 0 Å². The lowest BCUT2D eigenvalue weighted by atomic mass is 9.63. The molecule has 14 heavy (non-hydrogen) atoms. The second kappa shape index (κ2) is 3.69. The standard InChI is InChI=1S/C13H22O/c1-13(2,11-8-5-9-11)12(14)10-6-3-4-7-10/h6,11-12,14H,3-5,7-9H2,1-2H3. The number of rotatable bonds is 3. The van der Waals surface area contributed by atoms with Crippen molar-refractivity contribution in [2.45, 2.75) is 58.5 Å². The summed E-state index contributed by atoms with van der Waals surface area (Å²) in [6.07, 6.45) is 9.60. The van der Waals surface area contributed by atoms with E-state index in [0.29, 0.717) is 0 Å². The van der Waals surface area contributed by atoms with Gasteiger partial charge in [0.2, 0.25) is 0 Å². The summed E-state index contributed by atoms with van der Waals surface area (Å²) in [6.45, 7) is 4.47. The average molecular weight is 194 g/mol. The Kier molecular flexibility index (Phi) is 2.70. The maximum absolute atomic E-state index is 10.3. The molecule has 2 aliphatic rings.